The second-order valence-corrected chi connectivity index (χ2v) is 6.89. The first-order chi connectivity index (χ1) is 8.91. The molecular weight excluding hydrogens is 291 g/mol. The monoisotopic (exact) mass is 304 g/mol. The molecule has 1 aromatic rings. The number of hydrogen-bond acceptors (Lipinski definition) is 4. The van der Waals surface area contributed by atoms with Gasteiger partial charge in [-0.25, -0.2) is 4.39 Å². The zero-order chi connectivity index (χ0) is 14.0. The van der Waals surface area contributed by atoms with Gasteiger partial charge in [-0.05, 0) is 31.6 Å². The molecule has 1 saturated heterocycles. The van der Waals surface area contributed by atoms with E-state index < -0.39 is 10.7 Å². The largest absolute Gasteiger partial charge is 0.378 e. The predicted molar refractivity (Wildman–Crippen MR) is 76.7 cm³/mol. The zero-order valence-corrected chi connectivity index (χ0v) is 12.0. The number of thioether (sulfide) groups is 1. The number of nitro groups is 1. The van der Waals surface area contributed by atoms with Gasteiger partial charge in [-0.3, -0.25) is 10.1 Å². The van der Waals surface area contributed by atoms with Crippen molar-refractivity contribution in [2.24, 2.45) is 0 Å². The second kappa shape index (κ2) is 5.54. The van der Waals surface area contributed by atoms with Crippen LogP contribution in [0.3, 0.4) is 0 Å². The first-order valence-corrected chi connectivity index (χ1v) is 7.29. The smallest absolute Gasteiger partial charge is 0.295 e. The molecule has 19 heavy (non-hydrogen) atoms. The Morgan fingerprint density at radius 1 is 1.63 bits per heavy atom. The fourth-order valence-corrected chi connectivity index (χ4v) is 3.50. The van der Waals surface area contributed by atoms with E-state index in [1.165, 1.54) is 6.07 Å². The molecule has 1 aliphatic heterocycles. The quantitative estimate of drug-likeness (QED) is 0.672. The van der Waals surface area contributed by atoms with Crippen molar-refractivity contribution in [1.29, 1.82) is 0 Å². The zero-order valence-electron chi connectivity index (χ0n) is 10.4. The van der Waals surface area contributed by atoms with Crippen LogP contribution in [-0.2, 0) is 0 Å². The van der Waals surface area contributed by atoms with E-state index >= 15 is 0 Å². The van der Waals surface area contributed by atoms with Crippen LogP contribution in [0.25, 0.3) is 0 Å². The Labute approximate surface area is 119 Å². The van der Waals surface area contributed by atoms with E-state index in [2.05, 4.69) is 12.2 Å². The summed E-state index contributed by atoms with van der Waals surface area (Å²) in [6.07, 6.45) is 2.21. The average Bonchev–Trinajstić information content (AvgIpc) is 2.77. The standard InChI is InChI=1S/C12H14ClFN2O2S/c1-12(3-2-4-19-12)7-15-10-5-8(13)9(14)6-11(10)16(17)18/h5-6,15H,2-4,7H2,1H3. The third-order valence-corrected chi connectivity index (χ3v) is 5.02. The number of rotatable bonds is 4. The van der Waals surface area contributed by atoms with Crippen LogP contribution >= 0.6 is 23.4 Å². The molecule has 0 radical (unpaired) electrons. The lowest BCUT2D eigenvalue weighted by Crippen LogP contribution is -2.27. The van der Waals surface area contributed by atoms with Crippen molar-refractivity contribution in [3.63, 3.8) is 0 Å². The molecule has 2 rings (SSSR count). The molecule has 1 aromatic carbocycles. The Balaban J connectivity index is 2.19. The van der Waals surface area contributed by atoms with Crippen LogP contribution in [0.15, 0.2) is 12.1 Å². The number of nitrogens with one attached hydrogen (secondary N) is 1. The maximum Gasteiger partial charge on any atom is 0.295 e. The third kappa shape index (κ3) is 3.30. The summed E-state index contributed by atoms with van der Waals surface area (Å²) < 4.78 is 13.3. The minimum Gasteiger partial charge on any atom is -0.378 e. The molecule has 1 unspecified atom stereocenters. The third-order valence-electron chi connectivity index (χ3n) is 3.19. The summed E-state index contributed by atoms with van der Waals surface area (Å²) in [7, 11) is 0. The number of benzene rings is 1. The molecule has 104 valence electrons. The summed E-state index contributed by atoms with van der Waals surface area (Å²) in [5.74, 6) is 0.324. The summed E-state index contributed by atoms with van der Waals surface area (Å²) in [6.45, 7) is 2.72. The van der Waals surface area contributed by atoms with Crippen molar-refractivity contribution >= 4 is 34.7 Å². The second-order valence-electron chi connectivity index (χ2n) is 4.80. The summed E-state index contributed by atoms with van der Waals surface area (Å²) in [4.78, 5) is 10.3. The molecular formula is C12H14ClFN2O2S. The number of nitrogens with zero attached hydrogens (tertiary/aromatic N) is 1. The lowest BCUT2D eigenvalue weighted by Gasteiger charge is -2.23. The molecule has 0 aromatic heterocycles. The van der Waals surface area contributed by atoms with Crippen LogP contribution in [-0.4, -0.2) is 22.0 Å². The summed E-state index contributed by atoms with van der Waals surface area (Å²) in [5.41, 5.74) is -0.0152. The molecule has 1 heterocycles. The molecule has 1 atom stereocenters. The van der Waals surface area contributed by atoms with Crippen molar-refractivity contribution in [1.82, 2.24) is 0 Å². The molecule has 1 fully saturated rings. The van der Waals surface area contributed by atoms with Gasteiger partial charge < -0.3 is 5.32 Å². The number of nitro benzene ring substituents is 1. The van der Waals surface area contributed by atoms with E-state index in [0.717, 1.165) is 24.7 Å². The van der Waals surface area contributed by atoms with Gasteiger partial charge in [0.1, 0.15) is 11.5 Å². The summed E-state index contributed by atoms with van der Waals surface area (Å²) in [6, 6.07) is 2.13. The maximum atomic E-state index is 13.3. The molecule has 1 aliphatic rings. The van der Waals surface area contributed by atoms with Crippen LogP contribution < -0.4 is 5.32 Å². The van der Waals surface area contributed by atoms with Crippen molar-refractivity contribution in [2.45, 2.75) is 24.5 Å². The first kappa shape index (κ1) is 14.4. The van der Waals surface area contributed by atoms with Gasteiger partial charge in [-0.15, -0.1) is 0 Å². The van der Waals surface area contributed by atoms with Crippen molar-refractivity contribution in [3.05, 3.63) is 33.1 Å². The van der Waals surface area contributed by atoms with E-state index in [1.807, 2.05) is 11.8 Å². The topological polar surface area (TPSA) is 55.2 Å². The van der Waals surface area contributed by atoms with Crippen molar-refractivity contribution in [3.8, 4) is 0 Å². The highest BCUT2D eigenvalue weighted by atomic mass is 35.5. The number of anilines is 1. The van der Waals surface area contributed by atoms with Gasteiger partial charge >= 0.3 is 0 Å². The summed E-state index contributed by atoms with van der Waals surface area (Å²) >= 11 is 7.52. The van der Waals surface area contributed by atoms with Gasteiger partial charge in [-0.2, -0.15) is 11.8 Å². The van der Waals surface area contributed by atoms with Crippen molar-refractivity contribution < 1.29 is 9.31 Å². The molecule has 7 heteroatoms. The lowest BCUT2D eigenvalue weighted by molar-refractivity contribution is -0.384. The van der Waals surface area contributed by atoms with E-state index in [4.69, 9.17) is 11.6 Å². The minimum absolute atomic E-state index is 0.0642. The Morgan fingerprint density at radius 2 is 2.37 bits per heavy atom. The van der Waals surface area contributed by atoms with Gasteiger partial charge in [0.25, 0.3) is 5.69 Å². The normalized spacial score (nSPS) is 22.5. The van der Waals surface area contributed by atoms with Crippen molar-refractivity contribution in [2.75, 3.05) is 17.6 Å². The number of halogens is 2. The van der Waals surface area contributed by atoms with Gasteiger partial charge in [0, 0.05) is 11.3 Å². The highest BCUT2D eigenvalue weighted by Gasteiger charge is 2.30. The van der Waals surface area contributed by atoms with Gasteiger partial charge in [0.2, 0.25) is 0 Å². The molecule has 0 amide bonds. The van der Waals surface area contributed by atoms with E-state index in [1.54, 1.807) is 0 Å². The van der Waals surface area contributed by atoms with Gasteiger partial charge in [-0.1, -0.05) is 11.6 Å². The Morgan fingerprint density at radius 3 is 2.95 bits per heavy atom. The molecule has 0 aliphatic carbocycles. The van der Waals surface area contributed by atoms with Crippen LogP contribution in [0.1, 0.15) is 19.8 Å². The average molecular weight is 305 g/mol. The van der Waals surface area contributed by atoms with Gasteiger partial charge in [0.15, 0.2) is 0 Å². The molecule has 4 nitrogen and oxygen atoms in total. The fourth-order valence-electron chi connectivity index (χ4n) is 2.09. The SMILES string of the molecule is CC1(CNc2cc(Cl)c(F)cc2[N+](=O)[O-])CCCS1. The molecule has 0 bridgehead atoms. The Bertz CT molecular complexity index is 507. The lowest BCUT2D eigenvalue weighted by atomic mass is 10.1. The van der Waals surface area contributed by atoms with Crippen LogP contribution in [0.4, 0.5) is 15.8 Å². The van der Waals surface area contributed by atoms with Crippen LogP contribution in [0.2, 0.25) is 5.02 Å². The first-order valence-electron chi connectivity index (χ1n) is 5.92. The highest BCUT2D eigenvalue weighted by Crippen LogP contribution is 2.38. The fraction of sp³-hybridized carbons (Fsp3) is 0.500. The minimum atomic E-state index is -0.777. The van der Waals surface area contributed by atoms with Gasteiger partial charge in [0.05, 0.1) is 16.0 Å². The molecule has 1 N–H and O–H groups in total. The molecule has 0 saturated carbocycles. The maximum absolute atomic E-state index is 13.3. The summed E-state index contributed by atoms with van der Waals surface area (Å²) in [5, 5.41) is 13.8. The Kier molecular flexibility index (Phi) is 4.20. The van der Waals surface area contributed by atoms with E-state index in [9.17, 15) is 14.5 Å². The number of hydrogen-bond donors (Lipinski definition) is 1. The van der Waals surface area contributed by atoms with Crippen LogP contribution in [0, 0.1) is 15.9 Å². The van der Waals surface area contributed by atoms with Crippen LogP contribution in [0.5, 0.6) is 0 Å². The van der Waals surface area contributed by atoms with E-state index in [-0.39, 0.29) is 21.1 Å². The highest BCUT2D eigenvalue weighted by molar-refractivity contribution is 8.00. The molecule has 0 spiro atoms. The van der Waals surface area contributed by atoms with E-state index in [0.29, 0.717) is 6.54 Å². The predicted octanol–water partition coefficient (Wildman–Crippen LogP) is 4.08. The Hall–Kier alpha value is -1.01.